The maximum atomic E-state index is 13.3. The van der Waals surface area contributed by atoms with Gasteiger partial charge in [-0.15, -0.1) is 11.3 Å². The molecule has 0 bridgehead atoms. The number of fused-ring (bicyclic) bond motifs is 1. The maximum absolute atomic E-state index is 13.3. The summed E-state index contributed by atoms with van der Waals surface area (Å²) < 4.78 is 12.3. The molecule has 3 heterocycles. The number of thiazole rings is 1. The van der Waals surface area contributed by atoms with E-state index in [1.54, 1.807) is 29.5 Å². The lowest BCUT2D eigenvalue weighted by Crippen LogP contribution is -2.44. The number of benzene rings is 2. The van der Waals surface area contributed by atoms with Crippen LogP contribution in [0.3, 0.4) is 0 Å². The molecule has 2 amide bonds. The van der Waals surface area contributed by atoms with Crippen LogP contribution in [0.2, 0.25) is 0 Å². The standard InChI is InChI=1S/C23H20N4O4S/c1-14-26-19(20(31-14)15-6-3-2-4-7-15)23(29)27-10-11-30-18(27)12-24-22(28)16-8-5-9-17-21(16)32-13-25-17/h2-9,13,18H,10-12H2,1H3,(H,24,28). The molecule has 5 rings (SSSR count). The molecule has 1 saturated heterocycles. The molecule has 0 saturated carbocycles. The van der Waals surface area contributed by atoms with Crippen LogP contribution in [0.1, 0.15) is 26.7 Å². The number of ether oxygens (including phenoxy) is 1. The van der Waals surface area contributed by atoms with Gasteiger partial charge in [0, 0.05) is 19.0 Å². The predicted molar refractivity (Wildman–Crippen MR) is 119 cm³/mol. The molecule has 1 N–H and O–H groups in total. The number of carbonyl (C=O) groups excluding carboxylic acids is 2. The number of hydrogen-bond donors (Lipinski definition) is 1. The molecule has 162 valence electrons. The quantitative estimate of drug-likeness (QED) is 0.502. The highest BCUT2D eigenvalue weighted by atomic mass is 32.1. The average Bonchev–Trinajstić information content (AvgIpc) is 3.56. The first kappa shape index (κ1) is 20.3. The topological polar surface area (TPSA) is 97.6 Å². The van der Waals surface area contributed by atoms with Crippen LogP contribution in [0, 0.1) is 6.92 Å². The third-order valence-corrected chi connectivity index (χ3v) is 6.14. The van der Waals surface area contributed by atoms with Crippen LogP contribution >= 0.6 is 11.3 Å². The second-order valence-corrected chi connectivity index (χ2v) is 8.17. The molecule has 32 heavy (non-hydrogen) atoms. The van der Waals surface area contributed by atoms with Crippen molar-refractivity contribution in [3.8, 4) is 11.3 Å². The SMILES string of the molecule is Cc1nc(C(=O)N2CCOC2CNC(=O)c2cccc3ncsc23)c(-c2ccccc2)o1. The molecular formula is C23H20N4O4S. The fraction of sp³-hybridized carbons (Fsp3) is 0.217. The van der Waals surface area contributed by atoms with Crippen molar-refractivity contribution in [2.24, 2.45) is 0 Å². The summed E-state index contributed by atoms with van der Waals surface area (Å²) in [6, 6.07) is 14.8. The Balaban J connectivity index is 1.33. The number of carbonyl (C=O) groups is 2. The lowest BCUT2D eigenvalue weighted by molar-refractivity contribution is 0.0276. The zero-order valence-corrected chi connectivity index (χ0v) is 18.1. The zero-order chi connectivity index (χ0) is 22.1. The van der Waals surface area contributed by atoms with E-state index >= 15 is 0 Å². The maximum Gasteiger partial charge on any atom is 0.278 e. The van der Waals surface area contributed by atoms with Gasteiger partial charge in [-0.25, -0.2) is 9.97 Å². The van der Waals surface area contributed by atoms with Crippen molar-refractivity contribution in [2.45, 2.75) is 13.2 Å². The molecule has 2 aromatic heterocycles. The normalized spacial score (nSPS) is 15.9. The van der Waals surface area contributed by atoms with Gasteiger partial charge in [0.25, 0.3) is 11.8 Å². The van der Waals surface area contributed by atoms with Gasteiger partial charge < -0.3 is 19.4 Å². The van der Waals surface area contributed by atoms with Crippen LogP contribution in [-0.2, 0) is 4.74 Å². The molecule has 2 aromatic carbocycles. The first-order valence-electron chi connectivity index (χ1n) is 10.2. The van der Waals surface area contributed by atoms with Gasteiger partial charge in [0.15, 0.2) is 17.3 Å². The van der Waals surface area contributed by atoms with Crippen molar-refractivity contribution < 1.29 is 18.7 Å². The van der Waals surface area contributed by atoms with Crippen molar-refractivity contribution in [1.82, 2.24) is 20.2 Å². The third kappa shape index (κ3) is 3.76. The van der Waals surface area contributed by atoms with Gasteiger partial charge in [0.05, 0.1) is 34.4 Å². The Bertz CT molecular complexity index is 1280. The Morgan fingerprint density at radius 1 is 1.19 bits per heavy atom. The Morgan fingerprint density at radius 2 is 2.03 bits per heavy atom. The molecule has 9 heteroatoms. The molecule has 4 aromatic rings. The molecule has 1 unspecified atom stereocenters. The molecule has 0 radical (unpaired) electrons. The van der Waals surface area contributed by atoms with Crippen LogP contribution in [-0.4, -0.2) is 52.6 Å². The summed E-state index contributed by atoms with van der Waals surface area (Å²) in [7, 11) is 0. The Hall–Kier alpha value is -3.56. The van der Waals surface area contributed by atoms with E-state index in [0.29, 0.717) is 30.4 Å². The van der Waals surface area contributed by atoms with Crippen LogP contribution in [0.4, 0.5) is 0 Å². The molecule has 0 spiro atoms. The van der Waals surface area contributed by atoms with Crippen LogP contribution in [0.25, 0.3) is 21.5 Å². The predicted octanol–water partition coefficient (Wildman–Crippen LogP) is 3.49. The first-order chi connectivity index (χ1) is 15.6. The first-order valence-corrected chi connectivity index (χ1v) is 11.1. The van der Waals surface area contributed by atoms with Crippen molar-refractivity contribution in [2.75, 3.05) is 19.7 Å². The Labute approximate surface area is 187 Å². The third-order valence-electron chi connectivity index (χ3n) is 5.26. The van der Waals surface area contributed by atoms with Crippen molar-refractivity contribution in [3.05, 3.63) is 71.2 Å². The van der Waals surface area contributed by atoms with Gasteiger partial charge in [0.2, 0.25) is 0 Å². The Kier molecular flexibility index (Phi) is 5.42. The summed E-state index contributed by atoms with van der Waals surface area (Å²) in [4.78, 5) is 36.3. The van der Waals surface area contributed by atoms with E-state index in [2.05, 4.69) is 15.3 Å². The van der Waals surface area contributed by atoms with E-state index in [1.165, 1.54) is 11.3 Å². The zero-order valence-electron chi connectivity index (χ0n) is 17.3. The minimum Gasteiger partial charge on any atom is -0.440 e. The average molecular weight is 449 g/mol. The van der Waals surface area contributed by atoms with Gasteiger partial charge in [-0.2, -0.15) is 0 Å². The van der Waals surface area contributed by atoms with Gasteiger partial charge in [-0.1, -0.05) is 36.4 Å². The van der Waals surface area contributed by atoms with E-state index in [1.807, 2.05) is 36.4 Å². The fourth-order valence-electron chi connectivity index (χ4n) is 3.76. The summed E-state index contributed by atoms with van der Waals surface area (Å²) in [5.41, 5.74) is 4.07. The molecule has 1 fully saturated rings. The van der Waals surface area contributed by atoms with Crippen molar-refractivity contribution in [3.63, 3.8) is 0 Å². The molecule has 8 nitrogen and oxygen atoms in total. The largest absolute Gasteiger partial charge is 0.440 e. The van der Waals surface area contributed by atoms with E-state index in [9.17, 15) is 9.59 Å². The van der Waals surface area contributed by atoms with Crippen LogP contribution in [0.5, 0.6) is 0 Å². The summed E-state index contributed by atoms with van der Waals surface area (Å²) >= 11 is 1.42. The number of oxazole rings is 1. The molecule has 1 atom stereocenters. The van der Waals surface area contributed by atoms with Gasteiger partial charge in [0.1, 0.15) is 6.23 Å². The molecular weight excluding hydrogens is 428 g/mol. The lowest BCUT2D eigenvalue weighted by atomic mass is 10.1. The van der Waals surface area contributed by atoms with Gasteiger partial charge >= 0.3 is 0 Å². The van der Waals surface area contributed by atoms with E-state index in [4.69, 9.17) is 9.15 Å². The summed E-state index contributed by atoms with van der Waals surface area (Å²) in [5, 5.41) is 2.89. The molecule has 1 aliphatic rings. The smallest absolute Gasteiger partial charge is 0.278 e. The number of hydrogen-bond acceptors (Lipinski definition) is 7. The van der Waals surface area contributed by atoms with Crippen molar-refractivity contribution in [1.29, 1.82) is 0 Å². The number of amides is 2. The summed E-state index contributed by atoms with van der Waals surface area (Å²) in [6.07, 6.45) is -0.590. The molecule has 1 aliphatic heterocycles. The van der Waals surface area contributed by atoms with Gasteiger partial charge in [-0.05, 0) is 12.1 Å². The Morgan fingerprint density at radius 3 is 2.88 bits per heavy atom. The highest BCUT2D eigenvalue weighted by molar-refractivity contribution is 7.17. The minimum absolute atomic E-state index is 0.164. The number of aromatic nitrogens is 2. The number of rotatable bonds is 5. The second-order valence-electron chi connectivity index (χ2n) is 7.32. The summed E-state index contributed by atoms with van der Waals surface area (Å²) in [6.45, 7) is 2.66. The van der Waals surface area contributed by atoms with E-state index in [-0.39, 0.29) is 24.1 Å². The highest BCUT2D eigenvalue weighted by Crippen LogP contribution is 2.27. The number of nitrogens with one attached hydrogen (secondary N) is 1. The van der Waals surface area contributed by atoms with Crippen molar-refractivity contribution >= 4 is 33.4 Å². The van der Waals surface area contributed by atoms with Gasteiger partial charge in [-0.3, -0.25) is 9.59 Å². The van der Waals surface area contributed by atoms with Crippen LogP contribution < -0.4 is 5.32 Å². The van der Waals surface area contributed by atoms with Crippen LogP contribution in [0.15, 0.2) is 58.5 Å². The summed E-state index contributed by atoms with van der Waals surface area (Å²) in [5.74, 6) is 0.321. The minimum atomic E-state index is -0.590. The highest BCUT2D eigenvalue weighted by Gasteiger charge is 2.34. The monoisotopic (exact) mass is 448 g/mol. The fourth-order valence-corrected chi connectivity index (χ4v) is 4.56. The number of nitrogens with zero attached hydrogens (tertiary/aromatic N) is 3. The molecule has 0 aliphatic carbocycles. The van der Waals surface area contributed by atoms with E-state index < -0.39 is 6.23 Å². The lowest BCUT2D eigenvalue weighted by Gasteiger charge is -2.23. The number of aryl methyl sites for hydroxylation is 1. The second kappa shape index (κ2) is 8.52. The van der Waals surface area contributed by atoms with E-state index in [0.717, 1.165) is 15.8 Å².